The number of nitrogens with one attached hydrogen (secondary N) is 1. The Bertz CT molecular complexity index is 3470. The minimum atomic E-state index is -4.29. The van der Waals surface area contributed by atoms with Crippen molar-refractivity contribution < 1.29 is 50.8 Å². The van der Waals surface area contributed by atoms with Gasteiger partial charge < -0.3 is 50.3 Å². The first-order chi connectivity index (χ1) is 39.4. The number of aldehydes is 1. The molecule has 17 nitrogen and oxygen atoms in total. The Morgan fingerprint density at radius 3 is 1.45 bits per heavy atom. The van der Waals surface area contributed by atoms with Crippen molar-refractivity contribution >= 4 is 85.1 Å². The number of hydrogen-bond donors (Lipinski definition) is 4. The Hall–Kier alpha value is -7.00. The third-order valence-electron chi connectivity index (χ3n) is 14.4. The van der Waals surface area contributed by atoms with Crippen LogP contribution in [0.4, 0.5) is 49.6 Å². The van der Waals surface area contributed by atoms with Crippen LogP contribution in [0.3, 0.4) is 0 Å². The molecule has 8 aromatic rings. The molecule has 2 aromatic carbocycles. The van der Waals surface area contributed by atoms with E-state index in [0.29, 0.717) is 75.6 Å². The van der Waals surface area contributed by atoms with Gasteiger partial charge in [-0.25, -0.2) is 29.9 Å². The number of hydrogen-bond acceptors (Lipinski definition) is 19. The number of rotatable bonds is 16. The van der Waals surface area contributed by atoms with Crippen molar-refractivity contribution in [2.24, 2.45) is 5.73 Å². The molecule has 6 atom stereocenters. The van der Waals surface area contributed by atoms with Crippen molar-refractivity contribution in [2.75, 3.05) is 76.1 Å². The van der Waals surface area contributed by atoms with Crippen LogP contribution in [0, 0.1) is 0 Å². The van der Waals surface area contributed by atoms with Gasteiger partial charge in [-0.2, -0.15) is 26.3 Å². The maximum atomic E-state index is 12.9. The van der Waals surface area contributed by atoms with E-state index in [4.69, 9.17) is 15.2 Å². The average molecular weight is 1230 g/mol. The highest BCUT2D eigenvalue weighted by molar-refractivity contribution is 7.19. The number of anilines is 4. The highest BCUT2D eigenvalue weighted by Crippen LogP contribution is 2.39. The molecule has 10 rings (SSSR count). The van der Waals surface area contributed by atoms with Crippen LogP contribution in [-0.4, -0.2) is 152 Å². The Labute approximate surface area is 496 Å². The lowest BCUT2D eigenvalue weighted by molar-refractivity contribution is -0.127. The van der Waals surface area contributed by atoms with E-state index in [1.165, 1.54) is 24.8 Å². The van der Waals surface area contributed by atoms with Gasteiger partial charge in [-0.15, -0.1) is 35.1 Å². The molecule has 2 aliphatic carbocycles. The fourth-order valence-electron chi connectivity index (χ4n) is 10.2. The summed E-state index contributed by atoms with van der Waals surface area (Å²) in [5, 5.41) is 25.7. The number of halogens is 7. The minimum absolute atomic E-state index is 0. The number of ether oxygens (including phenoxy) is 2. The third kappa shape index (κ3) is 16.0. The van der Waals surface area contributed by atoms with Crippen molar-refractivity contribution in [2.45, 2.75) is 93.8 Å². The van der Waals surface area contributed by atoms with Gasteiger partial charge in [0, 0.05) is 99.8 Å². The molecule has 0 aliphatic heterocycles. The topological polar surface area (TPSA) is 204 Å². The molecule has 0 saturated heterocycles. The van der Waals surface area contributed by atoms with E-state index in [0.717, 1.165) is 74.2 Å². The highest BCUT2D eigenvalue weighted by Gasteiger charge is 2.38. The molecule has 2 aliphatic rings. The first kappa shape index (κ1) is 64.6. The summed E-state index contributed by atoms with van der Waals surface area (Å²) in [6.07, 6.45) is -2.18. The SMILES string of the molecule is CN(c1ncnc2sc(CC(F)(F)F)cc12)[C@H]1C[C@@H](N)C[C@H]1O.COc1cc(-c2ccc(C=O)cc2)cnc1N(C)C.COc1cc(-c2ccc(CN[C@H]3C[C@@H](O)[C@@H](N(C)c4ncnc5sc(CC(F)(F)F)cc45)C3)cc2)cnc1N(C)C.Cl. The second-order valence-electron chi connectivity index (χ2n) is 20.8. The predicted octanol–water partition coefficient (Wildman–Crippen LogP) is 10.2. The van der Waals surface area contributed by atoms with E-state index in [1.807, 2.05) is 80.4 Å². The summed E-state index contributed by atoms with van der Waals surface area (Å²) in [5.41, 5.74) is 11.6. The molecule has 26 heteroatoms. The number of aromatic nitrogens is 6. The van der Waals surface area contributed by atoms with Crippen LogP contribution >= 0.6 is 35.1 Å². The predicted molar refractivity (Wildman–Crippen MR) is 322 cm³/mol. The summed E-state index contributed by atoms with van der Waals surface area (Å²) in [5.74, 6) is 4.05. The number of aliphatic hydroxyl groups is 2. The van der Waals surface area contributed by atoms with Gasteiger partial charge in [0.2, 0.25) is 0 Å². The molecular formula is C58H67ClF6N12O5S2. The van der Waals surface area contributed by atoms with Crippen molar-refractivity contribution in [1.29, 1.82) is 0 Å². The van der Waals surface area contributed by atoms with Crippen LogP contribution in [0.15, 0.2) is 97.8 Å². The summed E-state index contributed by atoms with van der Waals surface area (Å²) in [6, 6.07) is 22.1. The van der Waals surface area contributed by atoms with Gasteiger partial charge in [0.15, 0.2) is 23.1 Å². The third-order valence-corrected chi connectivity index (χ3v) is 16.5. The maximum absolute atomic E-state index is 12.9. The van der Waals surface area contributed by atoms with E-state index in [9.17, 15) is 41.4 Å². The number of carbonyl (C=O) groups is 1. The molecule has 6 aromatic heterocycles. The second-order valence-corrected chi connectivity index (χ2v) is 23.1. The van der Waals surface area contributed by atoms with Crippen molar-refractivity contribution in [1.82, 2.24) is 35.2 Å². The number of benzene rings is 2. The molecular weight excluding hydrogens is 1160 g/mol. The van der Waals surface area contributed by atoms with Crippen molar-refractivity contribution in [3.8, 4) is 33.8 Å². The number of alkyl halides is 6. The molecule has 0 bridgehead atoms. The van der Waals surface area contributed by atoms with Gasteiger partial charge in [0.1, 0.15) is 40.2 Å². The Kier molecular flexibility index (Phi) is 21.4. The summed E-state index contributed by atoms with van der Waals surface area (Å²) < 4.78 is 87.4. The molecule has 5 N–H and O–H groups in total. The standard InChI is InChI=1S/C29H33F3N6O2S.C15H16N2O2.C14H17F3N4OS.ClH/c1-37(2)27-25(40-4)9-19(15-34-27)18-7-5-17(6-8-18)14-33-20-10-23(24(39)11-20)38(3)26-22-12-21(13-29(30,31)32)41-28(22)36-16-35-26;1-17(2)15-14(19-3)8-13(9-16-15)12-6-4-11(10-18)5-7-12;1-21(10-2-7(18)3-11(10)22)12-9-4-8(5-14(15,16)17)23-13(9)20-6-19-12;/h5-9,12,15-16,20,23-24,33,39H,10-11,13-14H2,1-4H3;4-10H,1-3H3;4,6-7,10-11,22H,2-3,5,18H2,1H3;1H/t20-,23+,24-;;7-,10+,11-;/m1.1./s1. The summed E-state index contributed by atoms with van der Waals surface area (Å²) in [4.78, 5) is 45.3. The number of thiophene rings is 2. The number of nitrogens with two attached hydrogens (primary N) is 1. The minimum Gasteiger partial charge on any atom is -0.493 e. The zero-order valence-corrected chi connectivity index (χ0v) is 49.8. The first-order valence-electron chi connectivity index (χ1n) is 26.4. The van der Waals surface area contributed by atoms with Crippen LogP contribution in [0.1, 0.15) is 51.4 Å². The molecule has 450 valence electrons. The van der Waals surface area contributed by atoms with Crippen LogP contribution in [0.2, 0.25) is 0 Å². The number of carbonyl (C=O) groups excluding carboxylic acids is 1. The quantitative estimate of drug-likeness (QED) is 0.0525. The molecule has 2 fully saturated rings. The van der Waals surface area contributed by atoms with E-state index in [2.05, 4.69) is 59.5 Å². The Balaban J connectivity index is 0.000000198. The van der Waals surface area contributed by atoms with Crippen LogP contribution in [0.5, 0.6) is 11.5 Å². The van der Waals surface area contributed by atoms with Gasteiger partial charge in [0.05, 0.1) is 62.1 Å². The van der Waals surface area contributed by atoms with Crippen molar-refractivity contribution in [3.63, 3.8) is 0 Å². The number of fused-ring (bicyclic) bond motifs is 2. The van der Waals surface area contributed by atoms with E-state index in [-0.39, 0.29) is 46.3 Å². The number of pyridine rings is 2. The number of nitrogens with zero attached hydrogens (tertiary/aromatic N) is 10. The second kappa shape index (κ2) is 27.8. The number of aliphatic hydroxyl groups excluding tert-OH is 2. The fraction of sp³-hybridized carbons (Fsp3) is 0.397. The van der Waals surface area contributed by atoms with Gasteiger partial charge in [0.25, 0.3) is 0 Å². The van der Waals surface area contributed by atoms with Gasteiger partial charge in [-0.05, 0) is 66.6 Å². The largest absolute Gasteiger partial charge is 0.493 e. The zero-order chi connectivity index (χ0) is 59.9. The molecule has 0 spiro atoms. The fourth-order valence-corrected chi connectivity index (χ4v) is 12.3. The average Bonchev–Trinajstić information content (AvgIpc) is 2.58. The van der Waals surface area contributed by atoms with Gasteiger partial charge in [-0.3, -0.25) is 4.79 Å². The van der Waals surface area contributed by atoms with Crippen LogP contribution in [-0.2, 0) is 19.4 Å². The summed E-state index contributed by atoms with van der Waals surface area (Å²) in [7, 11) is 14.5. The highest BCUT2D eigenvalue weighted by atomic mass is 35.5. The first-order valence-corrected chi connectivity index (χ1v) is 28.0. The lowest BCUT2D eigenvalue weighted by atomic mass is 10.0. The number of methoxy groups -OCH3 is 2. The molecule has 6 heterocycles. The molecule has 0 amide bonds. The summed E-state index contributed by atoms with van der Waals surface area (Å²) >= 11 is 2.04. The van der Waals surface area contributed by atoms with E-state index in [1.54, 1.807) is 44.5 Å². The molecule has 2 saturated carbocycles. The normalized spacial score (nSPS) is 18.5. The lowest BCUT2D eigenvalue weighted by Gasteiger charge is -2.28. The van der Waals surface area contributed by atoms with Crippen LogP contribution in [0.25, 0.3) is 42.7 Å². The van der Waals surface area contributed by atoms with E-state index < -0.39 is 37.4 Å². The molecule has 0 unspecified atom stereocenters. The lowest BCUT2D eigenvalue weighted by Crippen LogP contribution is -2.38. The summed E-state index contributed by atoms with van der Waals surface area (Å²) in [6.45, 7) is 0.637. The molecule has 84 heavy (non-hydrogen) atoms. The van der Waals surface area contributed by atoms with Gasteiger partial charge in [-0.1, -0.05) is 48.5 Å². The van der Waals surface area contributed by atoms with Gasteiger partial charge >= 0.3 is 12.4 Å². The van der Waals surface area contributed by atoms with E-state index >= 15 is 0 Å². The number of likely N-dealkylation sites (N-methyl/N-ethyl adjacent to an activating group) is 2. The Morgan fingerprint density at radius 2 is 1.05 bits per heavy atom. The smallest absolute Gasteiger partial charge is 0.393 e. The van der Waals surface area contributed by atoms with Crippen LogP contribution < -0.4 is 40.1 Å². The molecule has 0 radical (unpaired) electrons. The Morgan fingerprint density at radius 1 is 0.607 bits per heavy atom. The zero-order valence-electron chi connectivity index (χ0n) is 47.4. The maximum Gasteiger partial charge on any atom is 0.393 e. The monoisotopic (exact) mass is 1220 g/mol. The van der Waals surface area contributed by atoms with Crippen molar-refractivity contribution in [3.05, 3.63) is 119 Å².